The molecule has 0 atom stereocenters. The highest BCUT2D eigenvalue weighted by atomic mass is 16.5. The highest BCUT2D eigenvalue weighted by Gasteiger charge is 2.22. The van der Waals surface area contributed by atoms with Crippen LogP contribution in [0.4, 0.5) is 0 Å². The number of ether oxygens (including phenoxy) is 1. The van der Waals surface area contributed by atoms with Gasteiger partial charge in [-0.25, -0.2) is 4.79 Å². The molecule has 0 aliphatic carbocycles. The van der Waals surface area contributed by atoms with E-state index in [1.807, 2.05) is 13.0 Å². The highest BCUT2D eigenvalue weighted by molar-refractivity contribution is 5.86. The van der Waals surface area contributed by atoms with Gasteiger partial charge in [-0.05, 0) is 43.4 Å². The molecule has 0 bridgehead atoms. The SMILES string of the molecule is CCCCc1cc(=O)oc2c(C)c3c(cc12)CN(CCc1ccccc1)CO3. The maximum absolute atomic E-state index is 12.0. The lowest BCUT2D eigenvalue weighted by Gasteiger charge is -2.30. The number of benzene rings is 2. The first-order valence-corrected chi connectivity index (χ1v) is 10.1. The fraction of sp³-hybridized carbons (Fsp3) is 0.375. The van der Waals surface area contributed by atoms with Gasteiger partial charge in [0.05, 0.1) is 0 Å². The number of aryl methyl sites for hydroxylation is 2. The summed E-state index contributed by atoms with van der Waals surface area (Å²) in [7, 11) is 0. The van der Waals surface area contributed by atoms with Crippen molar-refractivity contribution in [1.82, 2.24) is 4.90 Å². The number of fused-ring (bicyclic) bond motifs is 2. The Labute approximate surface area is 165 Å². The summed E-state index contributed by atoms with van der Waals surface area (Å²) < 4.78 is 11.7. The summed E-state index contributed by atoms with van der Waals surface area (Å²) >= 11 is 0. The molecule has 1 aromatic heterocycles. The van der Waals surface area contributed by atoms with Crippen LogP contribution in [0.15, 0.2) is 51.7 Å². The van der Waals surface area contributed by atoms with Gasteiger partial charge in [-0.2, -0.15) is 0 Å². The summed E-state index contributed by atoms with van der Waals surface area (Å²) in [6, 6.07) is 14.4. The molecule has 4 heteroatoms. The van der Waals surface area contributed by atoms with E-state index >= 15 is 0 Å². The minimum atomic E-state index is -0.276. The van der Waals surface area contributed by atoms with Gasteiger partial charge in [0.25, 0.3) is 0 Å². The van der Waals surface area contributed by atoms with Gasteiger partial charge >= 0.3 is 5.63 Å². The second-order valence-corrected chi connectivity index (χ2v) is 7.62. The van der Waals surface area contributed by atoms with Gasteiger partial charge in [0.2, 0.25) is 0 Å². The Morgan fingerprint density at radius 2 is 1.93 bits per heavy atom. The molecule has 0 radical (unpaired) electrons. The first-order chi connectivity index (χ1) is 13.7. The Kier molecular flexibility index (Phi) is 5.49. The zero-order valence-corrected chi connectivity index (χ0v) is 16.7. The van der Waals surface area contributed by atoms with E-state index in [1.54, 1.807) is 6.07 Å². The molecule has 1 aliphatic heterocycles. The Morgan fingerprint density at radius 1 is 1.11 bits per heavy atom. The van der Waals surface area contributed by atoms with Crippen LogP contribution in [-0.4, -0.2) is 18.2 Å². The zero-order chi connectivity index (χ0) is 19.5. The fourth-order valence-electron chi connectivity index (χ4n) is 3.98. The topological polar surface area (TPSA) is 42.7 Å². The Morgan fingerprint density at radius 3 is 2.71 bits per heavy atom. The van der Waals surface area contributed by atoms with Gasteiger partial charge in [0, 0.05) is 35.7 Å². The predicted molar refractivity (Wildman–Crippen MR) is 112 cm³/mol. The lowest BCUT2D eigenvalue weighted by atomic mass is 9.98. The third kappa shape index (κ3) is 3.83. The van der Waals surface area contributed by atoms with Gasteiger partial charge in [0.15, 0.2) is 0 Å². The lowest BCUT2D eigenvalue weighted by molar-refractivity contribution is 0.0959. The molecule has 4 rings (SSSR count). The molecule has 1 aliphatic rings. The number of rotatable bonds is 6. The van der Waals surface area contributed by atoms with E-state index in [0.717, 1.165) is 61.0 Å². The molecule has 0 N–H and O–H groups in total. The van der Waals surface area contributed by atoms with Crippen molar-refractivity contribution in [3.63, 3.8) is 0 Å². The second kappa shape index (κ2) is 8.19. The molecule has 4 nitrogen and oxygen atoms in total. The molecule has 2 aromatic carbocycles. The van der Waals surface area contributed by atoms with Crippen molar-refractivity contribution in [2.45, 2.75) is 46.1 Å². The summed E-state index contributed by atoms with van der Waals surface area (Å²) in [5, 5.41) is 1.05. The number of nitrogens with zero attached hydrogens (tertiary/aromatic N) is 1. The Bertz CT molecular complexity index is 1020. The van der Waals surface area contributed by atoms with Crippen LogP contribution in [0.2, 0.25) is 0 Å². The number of hydrogen-bond acceptors (Lipinski definition) is 4. The first kappa shape index (κ1) is 18.8. The van der Waals surface area contributed by atoms with Crippen molar-refractivity contribution >= 4 is 11.0 Å². The minimum Gasteiger partial charge on any atom is -0.477 e. The molecular weight excluding hydrogens is 350 g/mol. The molecule has 0 spiro atoms. The average Bonchev–Trinajstić information content (AvgIpc) is 2.72. The third-order valence-electron chi connectivity index (χ3n) is 5.52. The zero-order valence-electron chi connectivity index (χ0n) is 16.7. The largest absolute Gasteiger partial charge is 0.477 e. The van der Waals surface area contributed by atoms with Gasteiger partial charge in [-0.3, -0.25) is 4.90 Å². The molecule has 2 heterocycles. The fourth-order valence-corrected chi connectivity index (χ4v) is 3.98. The summed E-state index contributed by atoms with van der Waals surface area (Å²) in [6.07, 6.45) is 4.06. The minimum absolute atomic E-state index is 0.276. The molecule has 0 unspecified atom stereocenters. The maximum atomic E-state index is 12.0. The standard InChI is InChI=1S/C24H27NO3/c1-3-4-10-19-14-22(26)28-24-17(2)23-20(13-21(19)24)15-25(16-27-23)12-11-18-8-6-5-7-9-18/h5-9,13-14H,3-4,10-12,15-16H2,1-2H3. The third-order valence-corrected chi connectivity index (χ3v) is 5.52. The lowest BCUT2D eigenvalue weighted by Crippen LogP contribution is -2.34. The molecular formula is C24H27NO3. The van der Waals surface area contributed by atoms with Crippen LogP contribution in [-0.2, 0) is 19.4 Å². The summed E-state index contributed by atoms with van der Waals surface area (Å²) in [5.74, 6) is 0.874. The van der Waals surface area contributed by atoms with Gasteiger partial charge in [0.1, 0.15) is 18.1 Å². The van der Waals surface area contributed by atoms with Crippen LogP contribution in [0, 0.1) is 6.92 Å². The van der Waals surface area contributed by atoms with Crippen molar-refractivity contribution in [3.05, 3.63) is 75.1 Å². The van der Waals surface area contributed by atoms with Crippen molar-refractivity contribution < 1.29 is 9.15 Å². The van der Waals surface area contributed by atoms with E-state index in [-0.39, 0.29) is 5.63 Å². The predicted octanol–water partition coefficient (Wildman–Crippen LogP) is 4.84. The molecule has 0 saturated heterocycles. The molecule has 0 saturated carbocycles. The number of hydrogen-bond donors (Lipinski definition) is 0. The van der Waals surface area contributed by atoms with E-state index in [2.05, 4.69) is 42.2 Å². The molecule has 0 amide bonds. The second-order valence-electron chi connectivity index (χ2n) is 7.62. The van der Waals surface area contributed by atoms with Crippen LogP contribution in [0.3, 0.4) is 0 Å². The smallest absolute Gasteiger partial charge is 0.336 e. The van der Waals surface area contributed by atoms with E-state index in [0.29, 0.717) is 12.3 Å². The molecule has 0 fully saturated rings. The van der Waals surface area contributed by atoms with Crippen LogP contribution >= 0.6 is 0 Å². The van der Waals surface area contributed by atoms with Crippen LogP contribution in [0.1, 0.15) is 42.0 Å². The maximum Gasteiger partial charge on any atom is 0.336 e. The van der Waals surface area contributed by atoms with Crippen molar-refractivity contribution in [2.75, 3.05) is 13.3 Å². The summed E-state index contributed by atoms with van der Waals surface area (Å²) in [6.45, 7) is 6.52. The van der Waals surface area contributed by atoms with Gasteiger partial charge in [-0.15, -0.1) is 0 Å². The highest BCUT2D eigenvalue weighted by Crippen LogP contribution is 2.36. The molecule has 146 valence electrons. The molecule has 28 heavy (non-hydrogen) atoms. The van der Waals surface area contributed by atoms with Crippen molar-refractivity contribution in [3.8, 4) is 5.75 Å². The van der Waals surface area contributed by atoms with Crippen LogP contribution < -0.4 is 10.4 Å². The summed E-state index contributed by atoms with van der Waals surface area (Å²) in [5.41, 5.74) is 4.94. The van der Waals surface area contributed by atoms with Gasteiger partial charge < -0.3 is 9.15 Å². The monoisotopic (exact) mass is 377 g/mol. The van der Waals surface area contributed by atoms with Crippen LogP contribution in [0.5, 0.6) is 5.75 Å². The molecule has 3 aromatic rings. The Balaban J connectivity index is 1.62. The van der Waals surface area contributed by atoms with Crippen molar-refractivity contribution in [2.24, 2.45) is 0 Å². The van der Waals surface area contributed by atoms with E-state index in [4.69, 9.17) is 9.15 Å². The van der Waals surface area contributed by atoms with Crippen LogP contribution in [0.25, 0.3) is 11.0 Å². The Hall–Kier alpha value is -2.59. The summed E-state index contributed by atoms with van der Waals surface area (Å²) in [4.78, 5) is 14.4. The quantitative estimate of drug-likeness (QED) is 0.577. The van der Waals surface area contributed by atoms with E-state index in [9.17, 15) is 4.79 Å². The first-order valence-electron chi connectivity index (χ1n) is 10.1. The normalized spacial score (nSPS) is 14.1. The van der Waals surface area contributed by atoms with Gasteiger partial charge in [-0.1, -0.05) is 43.7 Å². The van der Waals surface area contributed by atoms with E-state index in [1.165, 1.54) is 11.1 Å². The van der Waals surface area contributed by atoms with E-state index < -0.39 is 0 Å². The van der Waals surface area contributed by atoms with Crippen molar-refractivity contribution in [1.29, 1.82) is 0 Å². The average molecular weight is 377 g/mol. The number of unbranched alkanes of at least 4 members (excludes halogenated alkanes) is 1.